The Bertz CT molecular complexity index is 32.6. The number of hydrogen-bond donors (Lipinski definition) is 0. The van der Waals surface area contributed by atoms with Gasteiger partial charge < -0.3 is 0 Å². The molecule has 5 heavy (non-hydrogen) atoms. The molecule has 0 aromatic heterocycles. The van der Waals surface area contributed by atoms with Crippen LogP contribution in [0, 0.1) is 37.7 Å². The van der Waals surface area contributed by atoms with Crippen LogP contribution >= 0.6 is 0 Å². The largest absolute Gasteiger partial charge is 0.260 e. The summed E-state index contributed by atoms with van der Waals surface area (Å²) in [5.74, 6) is 0. The zero-order chi connectivity index (χ0) is 3.58. The Kier molecular flexibility index (Phi) is 10.4. The first kappa shape index (κ1) is 9.65. The van der Waals surface area contributed by atoms with E-state index in [-0.39, 0.29) is 37.7 Å². The fourth-order valence-corrected chi connectivity index (χ4v) is 0. The van der Waals surface area contributed by atoms with Gasteiger partial charge in [0.1, 0.15) is 0 Å². The Balaban J connectivity index is 0. The van der Waals surface area contributed by atoms with E-state index in [9.17, 15) is 4.21 Å². The molecule has 0 bridgehead atoms. The molecule has 0 radical (unpaired) electrons. The standard InChI is InChI=1S/C2H6OS.Ar/c1-4(2)3;/h1-2H3;. The Labute approximate surface area is 64.6 Å². The van der Waals surface area contributed by atoms with Crippen LogP contribution in [0.2, 0.25) is 0 Å². The molecule has 0 unspecified atom stereocenters. The molecule has 3 heteroatoms. The maximum absolute atomic E-state index is 9.56. The topological polar surface area (TPSA) is 17.1 Å². The predicted molar refractivity (Wildman–Crippen MR) is 20.0 cm³/mol. The molecule has 0 aliphatic rings. The van der Waals surface area contributed by atoms with E-state index in [4.69, 9.17) is 0 Å². The van der Waals surface area contributed by atoms with Crippen molar-refractivity contribution in [2.24, 2.45) is 0 Å². The normalized spacial score (nSPS) is 7.00. The summed E-state index contributed by atoms with van der Waals surface area (Å²) in [5, 5.41) is 0. The molecule has 0 aromatic carbocycles. The second-order valence-corrected chi connectivity index (χ2v) is 2.22. The van der Waals surface area contributed by atoms with E-state index >= 15 is 0 Å². The van der Waals surface area contributed by atoms with E-state index in [0.29, 0.717) is 0 Å². The fraction of sp³-hybridized carbons (Fsp3) is 1.00. The minimum absolute atomic E-state index is 0. The summed E-state index contributed by atoms with van der Waals surface area (Å²) < 4.78 is 9.56. The molecule has 0 aromatic rings. The SMILES string of the molecule is CS(C)=O.[Ar]. The maximum Gasteiger partial charge on any atom is 0.0148 e. The molecule has 0 rings (SSSR count). The van der Waals surface area contributed by atoms with Crippen molar-refractivity contribution in [3.8, 4) is 0 Å². The number of rotatable bonds is 0. The van der Waals surface area contributed by atoms with Crippen molar-refractivity contribution in [3.63, 3.8) is 0 Å². The van der Waals surface area contributed by atoms with Crippen LogP contribution in [0.3, 0.4) is 0 Å². The Morgan fingerprint density at radius 1 is 1.40 bits per heavy atom. The fourth-order valence-electron chi connectivity index (χ4n) is 0. The minimum Gasteiger partial charge on any atom is -0.260 e. The zero-order valence-corrected chi connectivity index (χ0v) is 4.69. The van der Waals surface area contributed by atoms with Gasteiger partial charge in [-0.1, -0.05) is 0 Å². The molecular formula is C2H6ArOS. The van der Waals surface area contributed by atoms with Gasteiger partial charge in [0.2, 0.25) is 0 Å². The molecule has 0 aliphatic heterocycles. The molecule has 0 saturated heterocycles. The van der Waals surface area contributed by atoms with Gasteiger partial charge in [-0.2, -0.15) is 0 Å². The van der Waals surface area contributed by atoms with Gasteiger partial charge in [0.15, 0.2) is 0 Å². The van der Waals surface area contributed by atoms with Crippen LogP contribution in [-0.4, -0.2) is 16.7 Å². The monoisotopic (exact) mass is 118 g/mol. The second-order valence-electron chi connectivity index (χ2n) is 0.742. The van der Waals surface area contributed by atoms with Gasteiger partial charge in [0.05, 0.1) is 0 Å². The molecule has 0 spiro atoms. The van der Waals surface area contributed by atoms with E-state index in [0.717, 1.165) is 0 Å². The van der Waals surface area contributed by atoms with E-state index in [2.05, 4.69) is 0 Å². The first-order chi connectivity index (χ1) is 1.73. The molecule has 0 saturated carbocycles. The third-order valence-electron chi connectivity index (χ3n) is 0. The maximum atomic E-state index is 9.56. The quantitative estimate of drug-likeness (QED) is 0.437. The summed E-state index contributed by atoms with van der Waals surface area (Å²) in [4.78, 5) is 0. The molecule has 0 N–H and O–H groups in total. The van der Waals surface area contributed by atoms with E-state index in [1.54, 1.807) is 12.5 Å². The Morgan fingerprint density at radius 2 is 1.40 bits per heavy atom. The van der Waals surface area contributed by atoms with Crippen LogP contribution in [-0.2, 0) is 10.8 Å². The van der Waals surface area contributed by atoms with E-state index in [1.807, 2.05) is 0 Å². The summed E-state index contributed by atoms with van der Waals surface area (Å²) in [7, 11) is -0.611. The first-order valence-electron chi connectivity index (χ1n) is 0.983. The van der Waals surface area contributed by atoms with Crippen molar-refractivity contribution in [2.45, 2.75) is 0 Å². The molecular weight excluding hydrogens is 112 g/mol. The van der Waals surface area contributed by atoms with Gasteiger partial charge in [-0.25, -0.2) is 0 Å². The van der Waals surface area contributed by atoms with E-state index < -0.39 is 10.8 Å². The van der Waals surface area contributed by atoms with Crippen LogP contribution in [0.15, 0.2) is 0 Å². The Hall–Kier alpha value is 1.41. The molecule has 0 aliphatic carbocycles. The summed E-state index contributed by atoms with van der Waals surface area (Å²) in [5.41, 5.74) is 0. The zero-order valence-electron chi connectivity index (χ0n) is 3.17. The van der Waals surface area contributed by atoms with Crippen molar-refractivity contribution in [1.82, 2.24) is 0 Å². The number of hydrogen-bond acceptors (Lipinski definition) is 1. The Morgan fingerprint density at radius 3 is 1.40 bits per heavy atom. The van der Waals surface area contributed by atoms with Crippen molar-refractivity contribution < 1.29 is 41.9 Å². The molecule has 0 fully saturated rings. The van der Waals surface area contributed by atoms with Crippen LogP contribution in [0.4, 0.5) is 0 Å². The smallest absolute Gasteiger partial charge is 0.0148 e. The van der Waals surface area contributed by atoms with Crippen LogP contribution in [0.1, 0.15) is 0 Å². The van der Waals surface area contributed by atoms with Gasteiger partial charge in [0.25, 0.3) is 0 Å². The van der Waals surface area contributed by atoms with Crippen molar-refractivity contribution in [1.29, 1.82) is 0 Å². The second kappa shape index (κ2) is 5.41. The average molecular weight is 118 g/mol. The summed E-state index contributed by atoms with van der Waals surface area (Å²) in [6.07, 6.45) is 3.28. The minimum atomic E-state index is -0.611. The molecule has 0 atom stereocenters. The summed E-state index contributed by atoms with van der Waals surface area (Å²) in [6.45, 7) is 0. The first-order valence-corrected chi connectivity index (χ1v) is 2.95. The van der Waals surface area contributed by atoms with Crippen LogP contribution < -0.4 is 0 Å². The predicted octanol–water partition coefficient (Wildman–Crippen LogP) is -0.00530. The van der Waals surface area contributed by atoms with Crippen molar-refractivity contribution in [2.75, 3.05) is 12.5 Å². The van der Waals surface area contributed by atoms with Gasteiger partial charge in [0, 0.05) is 61.0 Å². The van der Waals surface area contributed by atoms with Crippen LogP contribution in [0.25, 0.3) is 0 Å². The molecule has 0 amide bonds. The van der Waals surface area contributed by atoms with Gasteiger partial charge in [-0.05, 0) is 0 Å². The molecule has 34 valence electrons. The molecule has 0 heterocycles. The van der Waals surface area contributed by atoms with Gasteiger partial charge in [-0.15, -0.1) is 0 Å². The van der Waals surface area contributed by atoms with Crippen molar-refractivity contribution >= 4 is 10.8 Å². The molecule has 1 nitrogen and oxygen atoms in total. The summed E-state index contributed by atoms with van der Waals surface area (Å²) in [6, 6.07) is 0. The van der Waals surface area contributed by atoms with Gasteiger partial charge in [-0.3, -0.25) is 4.21 Å². The van der Waals surface area contributed by atoms with Crippen molar-refractivity contribution in [3.05, 3.63) is 0 Å². The third-order valence-corrected chi connectivity index (χ3v) is 0. The third kappa shape index (κ3) is 31.6. The van der Waals surface area contributed by atoms with Gasteiger partial charge >= 0.3 is 0 Å². The average Bonchev–Trinajstić information content (AvgIpc) is 0.811. The summed E-state index contributed by atoms with van der Waals surface area (Å²) >= 11 is 0. The van der Waals surface area contributed by atoms with Crippen LogP contribution in [0.5, 0.6) is 0 Å². The van der Waals surface area contributed by atoms with E-state index in [1.165, 1.54) is 0 Å².